The van der Waals surface area contributed by atoms with Gasteiger partial charge in [0.15, 0.2) is 0 Å². The number of rotatable bonds is 21. The van der Waals surface area contributed by atoms with Crippen LogP contribution < -0.4 is 17.1 Å². The number of thiol groups is 3. The molecule has 0 fully saturated rings. The second-order valence-electron chi connectivity index (χ2n) is 7.43. The minimum atomic E-state index is -0.645. The van der Waals surface area contributed by atoms with Gasteiger partial charge in [0.25, 0.3) is 0 Å². The Morgan fingerprint density at radius 2 is 0.727 bits per heavy atom. The lowest BCUT2D eigenvalue weighted by molar-refractivity contribution is 0.110. The van der Waals surface area contributed by atoms with E-state index in [0.29, 0.717) is 19.8 Å². The van der Waals surface area contributed by atoms with Crippen LogP contribution in [0.5, 0.6) is 0 Å². The normalized spacial score (nSPS) is 11.4. The molecule has 0 aliphatic heterocycles. The van der Waals surface area contributed by atoms with Crippen molar-refractivity contribution in [1.29, 1.82) is 0 Å². The van der Waals surface area contributed by atoms with Gasteiger partial charge in [-0.3, -0.25) is 0 Å². The minimum Gasteiger partial charge on any atom is -0.380 e. The maximum atomic E-state index is 12.9. The molecular weight excluding hydrogens is 486 g/mol. The predicted octanol–water partition coefficient (Wildman–Crippen LogP) is 1.35. The number of aromatic nitrogens is 3. The molecule has 0 atom stereocenters. The predicted molar refractivity (Wildman–Crippen MR) is 141 cm³/mol. The smallest absolute Gasteiger partial charge is 0.336 e. The highest BCUT2D eigenvalue weighted by atomic mass is 32.1. The third kappa shape index (κ3) is 12.0. The number of unbranched alkanes of at least 4 members (excludes halogenated alkanes) is 3. The van der Waals surface area contributed by atoms with Crippen molar-refractivity contribution in [3.05, 3.63) is 31.5 Å². The summed E-state index contributed by atoms with van der Waals surface area (Å²) in [6.45, 7) is 2.44. The molecule has 1 rings (SSSR count). The van der Waals surface area contributed by atoms with E-state index >= 15 is 0 Å². The molecule has 0 amide bonds. The van der Waals surface area contributed by atoms with Gasteiger partial charge in [-0.2, -0.15) is 37.9 Å². The molecule has 1 aromatic rings. The van der Waals surface area contributed by atoms with Gasteiger partial charge in [-0.1, -0.05) is 0 Å². The third-order valence-electron chi connectivity index (χ3n) is 4.85. The number of hydrogen-bond donors (Lipinski definition) is 3. The zero-order valence-electron chi connectivity index (χ0n) is 19.4. The van der Waals surface area contributed by atoms with Crippen LogP contribution in [-0.4, -0.2) is 70.6 Å². The van der Waals surface area contributed by atoms with Crippen LogP contribution in [0.3, 0.4) is 0 Å². The monoisotopic (exact) mass is 525 g/mol. The van der Waals surface area contributed by atoms with Crippen molar-refractivity contribution in [2.75, 3.05) is 56.9 Å². The molecule has 1 aromatic heterocycles. The summed E-state index contributed by atoms with van der Waals surface area (Å²) in [4.78, 5) is 38.7. The first kappa shape index (κ1) is 30.4. The van der Waals surface area contributed by atoms with Crippen LogP contribution in [0.2, 0.25) is 0 Å². The average molecular weight is 526 g/mol. The molecular formula is C21H39N3O6S3. The van der Waals surface area contributed by atoms with Crippen LogP contribution in [0.15, 0.2) is 14.4 Å². The topological polar surface area (TPSA) is 93.7 Å². The maximum absolute atomic E-state index is 12.9. The highest BCUT2D eigenvalue weighted by Crippen LogP contribution is 1.94. The zero-order valence-corrected chi connectivity index (χ0v) is 22.0. The first-order valence-electron chi connectivity index (χ1n) is 11.6. The lowest BCUT2D eigenvalue weighted by Gasteiger charge is -2.14. The molecule has 0 aliphatic carbocycles. The summed E-state index contributed by atoms with van der Waals surface area (Å²) in [5, 5.41) is 0. The molecule has 33 heavy (non-hydrogen) atoms. The van der Waals surface area contributed by atoms with Crippen molar-refractivity contribution < 1.29 is 14.2 Å². The molecule has 9 nitrogen and oxygen atoms in total. The van der Waals surface area contributed by atoms with E-state index in [1.54, 1.807) is 0 Å². The molecule has 0 saturated carbocycles. The van der Waals surface area contributed by atoms with Gasteiger partial charge in [0.05, 0.1) is 39.5 Å². The van der Waals surface area contributed by atoms with Gasteiger partial charge < -0.3 is 14.2 Å². The van der Waals surface area contributed by atoms with Gasteiger partial charge in [-0.15, -0.1) is 0 Å². The SMILES string of the molecule is O=c1n(CCOCCCCS)c(=O)n(CCOCCCCS)c(=O)n1CCOCCCCS. The highest BCUT2D eigenvalue weighted by molar-refractivity contribution is 7.80. The van der Waals surface area contributed by atoms with E-state index in [-0.39, 0.29) is 39.5 Å². The van der Waals surface area contributed by atoms with E-state index in [1.807, 2.05) is 0 Å². The van der Waals surface area contributed by atoms with Crippen molar-refractivity contribution in [3.63, 3.8) is 0 Å². The van der Waals surface area contributed by atoms with Crippen molar-refractivity contribution in [2.24, 2.45) is 0 Å². The fraction of sp³-hybridized carbons (Fsp3) is 0.857. The fourth-order valence-corrected chi connectivity index (χ4v) is 3.65. The first-order chi connectivity index (χ1) is 16.1. The second-order valence-corrected chi connectivity index (χ2v) is 8.77. The minimum absolute atomic E-state index is 0.0738. The first-order valence-corrected chi connectivity index (χ1v) is 13.5. The van der Waals surface area contributed by atoms with E-state index in [1.165, 1.54) is 0 Å². The van der Waals surface area contributed by atoms with Gasteiger partial charge in [0.1, 0.15) is 0 Å². The van der Waals surface area contributed by atoms with E-state index in [9.17, 15) is 14.4 Å². The molecule has 0 N–H and O–H groups in total. The summed E-state index contributed by atoms with van der Waals surface area (Å²) < 4.78 is 19.8. The summed E-state index contributed by atoms with van der Waals surface area (Å²) in [5.74, 6) is 2.35. The van der Waals surface area contributed by atoms with Crippen molar-refractivity contribution >= 4 is 37.9 Å². The Balaban J connectivity index is 2.89. The maximum Gasteiger partial charge on any atom is 0.336 e. The molecule has 0 radical (unpaired) electrons. The van der Waals surface area contributed by atoms with Gasteiger partial charge in [-0.25, -0.2) is 28.1 Å². The van der Waals surface area contributed by atoms with E-state index < -0.39 is 17.1 Å². The highest BCUT2D eigenvalue weighted by Gasteiger charge is 2.15. The quantitative estimate of drug-likeness (QED) is 0.166. The summed E-state index contributed by atoms with van der Waals surface area (Å²) in [6.07, 6.45) is 5.37. The lowest BCUT2D eigenvalue weighted by Crippen LogP contribution is -2.55. The molecule has 12 heteroatoms. The van der Waals surface area contributed by atoms with Crippen LogP contribution in [-0.2, 0) is 33.8 Å². The molecule has 0 unspecified atom stereocenters. The summed E-state index contributed by atoms with van der Waals surface area (Å²) >= 11 is 12.5. The standard InChI is InChI=1S/C21H39N3O6S3/c25-19-22(7-13-28-10-1-4-16-31)20(26)24(9-15-30-12-3-6-18-33)21(27)23(19)8-14-29-11-2-5-17-32/h31-33H,1-18H2. The molecule has 0 aliphatic rings. The van der Waals surface area contributed by atoms with Crippen molar-refractivity contribution in [2.45, 2.75) is 58.2 Å². The Bertz CT molecular complexity index is 677. The Morgan fingerprint density at radius 3 is 0.970 bits per heavy atom. The van der Waals surface area contributed by atoms with Crippen LogP contribution in [0.1, 0.15) is 38.5 Å². The number of hydrogen-bond acceptors (Lipinski definition) is 9. The average Bonchev–Trinajstić information content (AvgIpc) is 2.81. The van der Waals surface area contributed by atoms with Crippen LogP contribution in [0.25, 0.3) is 0 Å². The molecule has 0 saturated heterocycles. The fourth-order valence-electron chi connectivity index (χ4n) is 2.98. The van der Waals surface area contributed by atoms with E-state index in [0.717, 1.165) is 69.5 Å². The van der Waals surface area contributed by atoms with Crippen LogP contribution >= 0.6 is 37.9 Å². The molecule has 0 spiro atoms. The Labute approximate surface area is 212 Å². The van der Waals surface area contributed by atoms with Gasteiger partial charge in [0, 0.05) is 19.8 Å². The number of nitrogens with zero attached hydrogens (tertiary/aromatic N) is 3. The van der Waals surface area contributed by atoms with Gasteiger partial charge in [0.2, 0.25) is 0 Å². The number of ether oxygens (including phenoxy) is 3. The summed E-state index contributed by atoms with van der Waals surface area (Å²) in [7, 11) is 0. The van der Waals surface area contributed by atoms with Crippen LogP contribution in [0, 0.1) is 0 Å². The summed E-state index contributed by atoms with van der Waals surface area (Å²) in [6, 6.07) is 0. The van der Waals surface area contributed by atoms with E-state index in [4.69, 9.17) is 14.2 Å². The second kappa shape index (κ2) is 19.6. The largest absolute Gasteiger partial charge is 0.380 e. The molecule has 0 bridgehead atoms. The Morgan fingerprint density at radius 1 is 0.455 bits per heavy atom. The Kier molecular flexibility index (Phi) is 18.1. The van der Waals surface area contributed by atoms with Crippen molar-refractivity contribution in [3.8, 4) is 0 Å². The van der Waals surface area contributed by atoms with Crippen molar-refractivity contribution in [1.82, 2.24) is 13.7 Å². The zero-order chi connectivity index (χ0) is 24.3. The molecule has 192 valence electrons. The van der Waals surface area contributed by atoms with Gasteiger partial charge in [-0.05, 0) is 55.8 Å². The van der Waals surface area contributed by atoms with Gasteiger partial charge >= 0.3 is 17.1 Å². The lowest BCUT2D eigenvalue weighted by atomic mass is 10.4. The molecule has 0 aromatic carbocycles. The molecule has 1 heterocycles. The Hall–Kier alpha value is -0.660. The summed E-state index contributed by atoms with van der Waals surface area (Å²) in [5.41, 5.74) is -1.93. The van der Waals surface area contributed by atoms with E-state index in [2.05, 4.69) is 37.9 Å². The third-order valence-corrected chi connectivity index (χ3v) is 5.80. The van der Waals surface area contributed by atoms with Crippen LogP contribution in [0.4, 0.5) is 0 Å².